The number of nitrogens with zero attached hydrogens (tertiary/aromatic N) is 1. The van der Waals surface area contributed by atoms with Crippen molar-refractivity contribution in [1.82, 2.24) is 4.90 Å². The van der Waals surface area contributed by atoms with E-state index in [0.717, 1.165) is 0 Å². The van der Waals surface area contributed by atoms with E-state index in [1.807, 2.05) is 6.92 Å². The van der Waals surface area contributed by atoms with Gasteiger partial charge in [0.2, 0.25) is 0 Å². The number of benzene rings is 1. The molecule has 8 heteroatoms. The van der Waals surface area contributed by atoms with Crippen LogP contribution in [0.4, 0.5) is 0 Å². The van der Waals surface area contributed by atoms with Gasteiger partial charge in [-0.15, -0.1) is 6.58 Å². The van der Waals surface area contributed by atoms with Gasteiger partial charge in [0, 0.05) is 21.1 Å². The number of phenols is 1. The van der Waals surface area contributed by atoms with E-state index in [1.54, 1.807) is 18.2 Å². The molecule has 1 fully saturated rings. The van der Waals surface area contributed by atoms with Crippen molar-refractivity contribution in [2.45, 2.75) is 6.92 Å². The fourth-order valence-corrected chi connectivity index (χ4v) is 4.02. The highest BCUT2D eigenvalue weighted by Crippen LogP contribution is 2.43. The van der Waals surface area contributed by atoms with E-state index >= 15 is 0 Å². The van der Waals surface area contributed by atoms with Gasteiger partial charge in [-0.2, -0.15) is 0 Å². The Morgan fingerprint density at radius 2 is 2.22 bits per heavy atom. The summed E-state index contributed by atoms with van der Waals surface area (Å²) in [6.07, 6.45) is 3.22. The number of thioether (sulfide) groups is 1. The molecule has 0 atom stereocenters. The van der Waals surface area contributed by atoms with Gasteiger partial charge >= 0.3 is 0 Å². The molecule has 1 saturated heterocycles. The number of hydrogen-bond acceptors (Lipinski definition) is 5. The first-order valence-electron chi connectivity index (χ1n) is 6.60. The molecular weight excluding hydrogens is 466 g/mol. The number of rotatable bonds is 5. The number of hydrogen-bond donors (Lipinski definition) is 1. The van der Waals surface area contributed by atoms with Gasteiger partial charge in [0.15, 0.2) is 11.5 Å². The highest BCUT2D eigenvalue weighted by atomic mass is 79.9. The predicted octanol–water partition coefficient (Wildman–Crippen LogP) is 4.70. The van der Waals surface area contributed by atoms with Crippen LogP contribution in [0.15, 0.2) is 32.6 Å². The molecule has 23 heavy (non-hydrogen) atoms. The average Bonchev–Trinajstić information content (AvgIpc) is 2.77. The summed E-state index contributed by atoms with van der Waals surface area (Å²) in [5, 5.41) is 10.4. The van der Waals surface area contributed by atoms with Crippen LogP contribution in [0.3, 0.4) is 0 Å². The highest BCUT2D eigenvalue weighted by Gasteiger charge is 2.31. The maximum absolute atomic E-state index is 12.4. The van der Waals surface area contributed by atoms with Crippen LogP contribution in [-0.2, 0) is 4.79 Å². The molecule has 1 aromatic carbocycles. The Morgan fingerprint density at radius 3 is 2.83 bits per heavy atom. The summed E-state index contributed by atoms with van der Waals surface area (Å²) in [6, 6.07) is 1.67. The summed E-state index contributed by atoms with van der Waals surface area (Å²) in [5.74, 6) is 0.107. The van der Waals surface area contributed by atoms with Crippen molar-refractivity contribution in [3.05, 3.63) is 38.1 Å². The molecule has 0 bridgehead atoms. The summed E-state index contributed by atoms with van der Waals surface area (Å²) < 4.78 is 7.23. The van der Waals surface area contributed by atoms with Gasteiger partial charge in [0.05, 0.1) is 11.5 Å². The molecule has 0 aromatic heterocycles. The Kier molecular flexibility index (Phi) is 6.30. The standard InChI is InChI=1S/C15H13Br2NO3S2/c1-3-5-18-14(20)11(23-15(18)22)6-8-12(17)9(16)7-10(13(8)19)21-4-2/h3,6-7,19H,1,4-5H2,2H3. The van der Waals surface area contributed by atoms with Gasteiger partial charge in [0.25, 0.3) is 5.91 Å². The zero-order chi connectivity index (χ0) is 17.1. The number of phenolic OH excluding ortho intramolecular Hbond substituents is 1. The molecule has 1 N–H and O–H groups in total. The van der Waals surface area contributed by atoms with Crippen LogP contribution < -0.4 is 4.74 Å². The first kappa shape index (κ1) is 18.5. The number of halogens is 2. The van der Waals surface area contributed by atoms with Gasteiger partial charge in [-0.05, 0) is 50.9 Å². The third-order valence-electron chi connectivity index (χ3n) is 2.95. The fourth-order valence-electron chi connectivity index (χ4n) is 1.93. The third-order valence-corrected chi connectivity index (χ3v) is 6.34. The Bertz CT molecular complexity index is 719. The lowest BCUT2D eigenvalue weighted by atomic mass is 10.1. The van der Waals surface area contributed by atoms with Crippen LogP contribution in [0.2, 0.25) is 0 Å². The zero-order valence-corrected chi connectivity index (χ0v) is 16.9. The van der Waals surface area contributed by atoms with E-state index in [9.17, 15) is 9.90 Å². The second kappa shape index (κ2) is 7.83. The van der Waals surface area contributed by atoms with Crippen LogP contribution in [-0.4, -0.2) is 33.4 Å². The molecule has 0 saturated carbocycles. The molecule has 0 spiro atoms. The van der Waals surface area contributed by atoms with Crippen LogP contribution in [0.1, 0.15) is 12.5 Å². The fraction of sp³-hybridized carbons (Fsp3) is 0.200. The summed E-state index contributed by atoms with van der Waals surface area (Å²) in [6.45, 7) is 6.23. The quantitative estimate of drug-likeness (QED) is 0.377. The minimum Gasteiger partial charge on any atom is -0.504 e. The highest BCUT2D eigenvalue weighted by molar-refractivity contribution is 9.13. The van der Waals surface area contributed by atoms with Crippen LogP contribution in [0.25, 0.3) is 6.08 Å². The molecule has 1 heterocycles. The lowest BCUT2D eigenvalue weighted by Crippen LogP contribution is -2.27. The number of aromatic hydroxyl groups is 1. The molecule has 2 rings (SSSR count). The van der Waals surface area contributed by atoms with Crippen LogP contribution >= 0.6 is 55.8 Å². The molecule has 0 unspecified atom stereocenters. The second-order valence-corrected chi connectivity index (χ2v) is 7.77. The number of thiocarbonyl (C=S) groups is 1. The van der Waals surface area contributed by atoms with E-state index in [1.165, 1.54) is 16.7 Å². The molecule has 0 radical (unpaired) electrons. The van der Waals surface area contributed by atoms with E-state index in [-0.39, 0.29) is 11.7 Å². The van der Waals surface area contributed by atoms with E-state index in [2.05, 4.69) is 38.4 Å². The number of amides is 1. The second-order valence-electron chi connectivity index (χ2n) is 4.45. The van der Waals surface area contributed by atoms with Gasteiger partial charge in [-0.1, -0.05) is 30.1 Å². The Hall–Kier alpha value is -0.830. The summed E-state index contributed by atoms with van der Waals surface area (Å²) in [4.78, 5) is 14.3. The topological polar surface area (TPSA) is 49.8 Å². The SMILES string of the molecule is C=CCN1C(=O)C(=Cc2c(O)c(OCC)cc(Br)c2Br)SC1=S. The normalized spacial score (nSPS) is 16.3. The molecule has 122 valence electrons. The van der Waals surface area contributed by atoms with Crippen molar-refractivity contribution >= 4 is 72.1 Å². The molecule has 4 nitrogen and oxygen atoms in total. The smallest absolute Gasteiger partial charge is 0.266 e. The molecule has 0 aliphatic carbocycles. The predicted molar refractivity (Wildman–Crippen MR) is 105 cm³/mol. The Balaban J connectivity index is 2.49. The number of carbonyl (C=O) groups excluding carboxylic acids is 1. The van der Waals surface area contributed by atoms with Gasteiger partial charge in [-0.25, -0.2) is 0 Å². The summed E-state index contributed by atoms with van der Waals surface area (Å²) >= 11 is 13.2. The number of ether oxygens (including phenoxy) is 1. The van der Waals surface area contributed by atoms with E-state index in [4.69, 9.17) is 17.0 Å². The van der Waals surface area contributed by atoms with Crippen molar-refractivity contribution in [1.29, 1.82) is 0 Å². The van der Waals surface area contributed by atoms with Crippen molar-refractivity contribution < 1.29 is 14.6 Å². The maximum Gasteiger partial charge on any atom is 0.266 e. The number of carbonyl (C=O) groups is 1. The van der Waals surface area contributed by atoms with Crippen molar-refractivity contribution in [2.24, 2.45) is 0 Å². The zero-order valence-electron chi connectivity index (χ0n) is 12.1. The minimum atomic E-state index is -0.205. The lowest BCUT2D eigenvalue weighted by Gasteiger charge is -2.12. The molecule has 1 aliphatic rings. The molecule has 1 aliphatic heterocycles. The summed E-state index contributed by atoms with van der Waals surface area (Å²) in [7, 11) is 0. The van der Waals surface area contributed by atoms with Gasteiger partial charge in [-0.3, -0.25) is 9.69 Å². The van der Waals surface area contributed by atoms with Gasteiger partial charge in [0.1, 0.15) is 4.32 Å². The van der Waals surface area contributed by atoms with E-state index in [0.29, 0.717) is 42.6 Å². The van der Waals surface area contributed by atoms with Gasteiger partial charge < -0.3 is 9.84 Å². The summed E-state index contributed by atoms with van der Waals surface area (Å²) in [5.41, 5.74) is 0.460. The van der Waals surface area contributed by atoms with Crippen LogP contribution in [0, 0.1) is 0 Å². The largest absolute Gasteiger partial charge is 0.504 e. The monoisotopic (exact) mass is 477 g/mol. The van der Waals surface area contributed by atoms with Crippen molar-refractivity contribution in [3.8, 4) is 11.5 Å². The first-order valence-corrected chi connectivity index (χ1v) is 9.41. The average molecular weight is 479 g/mol. The molecular formula is C15H13Br2NO3S2. The lowest BCUT2D eigenvalue weighted by molar-refractivity contribution is -0.121. The Labute approximate surface area is 160 Å². The van der Waals surface area contributed by atoms with Crippen molar-refractivity contribution in [3.63, 3.8) is 0 Å². The van der Waals surface area contributed by atoms with Crippen LogP contribution in [0.5, 0.6) is 11.5 Å². The Morgan fingerprint density at radius 1 is 1.52 bits per heavy atom. The third kappa shape index (κ3) is 3.81. The molecule has 1 amide bonds. The molecule has 1 aromatic rings. The minimum absolute atomic E-state index is 0.0316. The first-order chi connectivity index (χ1) is 10.9. The van der Waals surface area contributed by atoms with E-state index < -0.39 is 0 Å². The van der Waals surface area contributed by atoms with Crippen molar-refractivity contribution in [2.75, 3.05) is 13.2 Å². The maximum atomic E-state index is 12.4.